The van der Waals surface area contributed by atoms with E-state index in [1.807, 2.05) is 61.7 Å². The van der Waals surface area contributed by atoms with Crippen LogP contribution < -0.4 is 15.0 Å². The van der Waals surface area contributed by atoms with Gasteiger partial charge in [0.1, 0.15) is 23.9 Å². The summed E-state index contributed by atoms with van der Waals surface area (Å²) in [4.78, 5) is 38.6. The van der Waals surface area contributed by atoms with E-state index in [0.29, 0.717) is 23.5 Å². The second-order valence-electron chi connectivity index (χ2n) is 8.38. The normalized spacial score (nSPS) is 12.9. The Morgan fingerprint density at radius 1 is 1.14 bits per heavy atom. The molecule has 4 rings (SSSR count). The summed E-state index contributed by atoms with van der Waals surface area (Å²) in [7, 11) is 0. The van der Waals surface area contributed by atoms with Crippen LogP contribution in [0.3, 0.4) is 0 Å². The molecule has 9 nitrogen and oxygen atoms in total. The van der Waals surface area contributed by atoms with Crippen molar-refractivity contribution in [3.8, 4) is 17.5 Å². The van der Waals surface area contributed by atoms with E-state index in [-0.39, 0.29) is 18.0 Å². The first-order valence-electron chi connectivity index (χ1n) is 11.7. The van der Waals surface area contributed by atoms with Gasteiger partial charge < -0.3 is 19.4 Å². The van der Waals surface area contributed by atoms with Crippen molar-refractivity contribution in [3.63, 3.8) is 0 Å². The maximum atomic E-state index is 12.8. The summed E-state index contributed by atoms with van der Waals surface area (Å²) in [6.07, 6.45) is 1.45. The highest BCUT2D eigenvalue weighted by atomic mass is 16.5. The van der Waals surface area contributed by atoms with E-state index in [1.54, 1.807) is 24.3 Å². The Morgan fingerprint density at radius 2 is 1.86 bits per heavy atom. The molecule has 0 saturated heterocycles. The molecule has 9 heteroatoms. The zero-order valence-electron chi connectivity index (χ0n) is 20.8. The monoisotopic (exact) mass is 498 g/mol. The Bertz CT molecular complexity index is 1430. The summed E-state index contributed by atoms with van der Waals surface area (Å²) < 4.78 is 12.7. The third-order valence-corrected chi connectivity index (χ3v) is 5.91. The van der Waals surface area contributed by atoms with Gasteiger partial charge in [0.15, 0.2) is 6.61 Å². The minimum Gasteiger partial charge on any atom is -0.494 e. The lowest BCUT2D eigenvalue weighted by atomic mass is 10.1. The first kappa shape index (κ1) is 25.3. The predicted molar refractivity (Wildman–Crippen MR) is 138 cm³/mol. The van der Waals surface area contributed by atoms with Crippen molar-refractivity contribution in [2.75, 3.05) is 30.0 Å². The molecular weight excluding hydrogens is 472 g/mol. The molecular formula is C28H26N4O5. The van der Waals surface area contributed by atoms with Crippen LogP contribution >= 0.6 is 0 Å². The third-order valence-electron chi connectivity index (χ3n) is 5.91. The number of fused-ring (bicyclic) bond motifs is 1. The topological polar surface area (TPSA) is 114 Å². The molecule has 0 aliphatic carbocycles. The standard InChI is InChI=1S/C28H26N4O5/c1-4-36-23-11-9-22(10-12-23)32-18(2)13-20(19(32)3)14-21(15-29)28(35)37-17-27(34)31-16-26(33)30-24-7-5-6-8-25(24)31/h5-14H,4,16-17H2,1-3H3,(H,30,33)/b21-14+. The van der Waals surface area contributed by atoms with Gasteiger partial charge in [-0.05, 0) is 74.9 Å². The van der Waals surface area contributed by atoms with Crippen LogP contribution in [0.25, 0.3) is 11.8 Å². The zero-order chi connectivity index (χ0) is 26.5. The number of carbonyl (C=O) groups is 3. The molecule has 0 atom stereocenters. The molecule has 0 radical (unpaired) electrons. The van der Waals surface area contributed by atoms with Crippen molar-refractivity contribution in [2.45, 2.75) is 20.8 Å². The lowest BCUT2D eigenvalue weighted by molar-refractivity contribution is -0.143. The molecule has 37 heavy (non-hydrogen) atoms. The molecule has 0 unspecified atom stereocenters. The fourth-order valence-electron chi connectivity index (χ4n) is 4.22. The molecule has 2 aromatic carbocycles. The molecule has 0 saturated carbocycles. The van der Waals surface area contributed by atoms with Gasteiger partial charge in [-0.2, -0.15) is 5.26 Å². The largest absolute Gasteiger partial charge is 0.494 e. The van der Waals surface area contributed by atoms with E-state index < -0.39 is 18.5 Å². The number of nitrogens with one attached hydrogen (secondary N) is 1. The highest BCUT2D eigenvalue weighted by Crippen LogP contribution is 2.29. The summed E-state index contributed by atoms with van der Waals surface area (Å²) in [5.74, 6) is -1.07. The molecule has 1 aromatic heterocycles. The van der Waals surface area contributed by atoms with Crippen LogP contribution in [0.15, 0.2) is 60.2 Å². The molecule has 1 aliphatic rings. The van der Waals surface area contributed by atoms with Gasteiger partial charge >= 0.3 is 5.97 Å². The average molecular weight is 499 g/mol. The van der Waals surface area contributed by atoms with Gasteiger partial charge in [-0.3, -0.25) is 14.5 Å². The number of esters is 1. The fraction of sp³-hybridized carbons (Fsp3) is 0.214. The molecule has 0 spiro atoms. The average Bonchev–Trinajstić information content (AvgIpc) is 3.18. The van der Waals surface area contributed by atoms with Gasteiger partial charge in [0, 0.05) is 17.1 Å². The quantitative estimate of drug-likeness (QED) is 0.300. The highest BCUT2D eigenvalue weighted by Gasteiger charge is 2.27. The number of rotatable bonds is 7. The SMILES string of the molecule is CCOc1ccc(-n2c(C)cc(/C=C(\C#N)C(=O)OCC(=O)N3CC(=O)Nc4ccccc43)c2C)cc1. The van der Waals surface area contributed by atoms with Crippen molar-refractivity contribution in [1.82, 2.24) is 4.57 Å². The highest BCUT2D eigenvalue weighted by molar-refractivity contribution is 6.10. The van der Waals surface area contributed by atoms with Crippen LogP contribution in [-0.4, -0.2) is 42.1 Å². The number of anilines is 2. The molecule has 3 aromatic rings. The Balaban J connectivity index is 1.49. The maximum Gasteiger partial charge on any atom is 0.349 e. The molecule has 2 heterocycles. The summed E-state index contributed by atoms with van der Waals surface area (Å²) in [5.41, 5.74) is 4.10. The summed E-state index contributed by atoms with van der Waals surface area (Å²) in [6, 6.07) is 18.2. The molecule has 2 amide bonds. The molecule has 1 N–H and O–H groups in total. The van der Waals surface area contributed by atoms with Crippen LogP contribution in [0.1, 0.15) is 23.9 Å². The van der Waals surface area contributed by atoms with Crippen LogP contribution in [0.5, 0.6) is 5.75 Å². The van der Waals surface area contributed by atoms with Crippen LogP contribution in [0.2, 0.25) is 0 Å². The fourth-order valence-corrected chi connectivity index (χ4v) is 4.22. The number of benzene rings is 2. The summed E-state index contributed by atoms with van der Waals surface area (Å²) >= 11 is 0. The second kappa shape index (κ2) is 10.8. The van der Waals surface area contributed by atoms with E-state index in [1.165, 1.54) is 11.0 Å². The van der Waals surface area contributed by atoms with E-state index in [4.69, 9.17) is 9.47 Å². The number of nitrogens with zero attached hydrogens (tertiary/aromatic N) is 3. The lowest BCUT2D eigenvalue weighted by Crippen LogP contribution is -2.44. The van der Waals surface area contributed by atoms with Gasteiger partial charge in [0.05, 0.1) is 18.0 Å². The van der Waals surface area contributed by atoms with E-state index >= 15 is 0 Å². The number of hydrogen-bond acceptors (Lipinski definition) is 6. The first-order chi connectivity index (χ1) is 17.8. The van der Waals surface area contributed by atoms with Gasteiger partial charge in [0.2, 0.25) is 5.91 Å². The van der Waals surface area contributed by atoms with Gasteiger partial charge in [0.25, 0.3) is 5.91 Å². The minimum atomic E-state index is -0.920. The number of para-hydroxylation sites is 2. The number of ether oxygens (including phenoxy) is 2. The molecule has 1 aliphatic heterocycles. The molecule has 0 bridgehead atoms. The molecule has 0 fully saturated rings. The number of hydrogen-bond donors (Lipinski definition) is 1. The van der Waals surface area contributed by atoms with Crippen molar-refractivity contribution >= 4 is 35.2 Å². The smallest absolute Gasteiger partial charge is 0.349 e. The molecule has 188 valence electrons. The van der Waals surface area contributed by atoms with Crippen LogP contribution in [0, 0.1) is 25.2 Å². The number of carbonyl (C=O) groups excluding carboxylic acids is 3. The number of nitriles is 1. The Kier molecular flexibility index (Phi) is 7.39. The first-order valence-corrected chi connectivity index (χ1v) is 11.7. The Morgan fingerprint density at radius 3 is 2.57 bits per heavy atom. The van der Waals surface area contributed by atoms with Crippen molar-refractivity contribution in [1.29, 1.82) is 5.26 Å². The number of aryl methyl sites for hydroxylation is 1. The van der Waals surface area contributed by atoms with Crippen LogP contribution in [0.4, 0.5) is 11.4 Å². The number of aromatic nitrogens is 1. The van der Waals surface area contributed by atoms with Crippen LogP contribution in [-0.2, 0) is 19.1 Å². The van der Waals surface area contributed by atoms with E-state index in [2.05, 4.69) is 5.32 Å². The van der Waals surface area contributed by atoms with Crippen molar-refractivity contribution in [2.24, 2.45) is 0 Å². The zero-order valence-corrected chi connectivity index (χ0v) is 20.8. The second-order valence-corrected chi connectivity index (χ2v) is 8.38. The predicted octanol–water partition coefficient (Wildman–Crippen LogP) is 3.93. The maximum absolute atomic E-state index is 12.8. The van der Waals surface area contributed by atoms with Crippen molar-refractivity contribution in [3.05, 3.63) is 77.1 Å². The minimum absolute atomic E-state index is 0.189. The lowest BCUT2D eigenvalue weighted by Gasteiger charge is -2.28. The van der Waals surface area contributed by atoms with Gasteiger partial charge in [-0.25, -0.2) is 4.79 Å². The Hall–Kier alpha value is -4.84. The summed E-state index contributed by atoms with van der Waals surface area (Å²) in [5, 5.41) is 12.3. The van der Waals surface area contributed by atoms with E-state index in [0.717, 1.165) is 22.8 Å². The van der Waals surface area contributed by atoms with Gasteiger partial charge in [-0.1, -0.05) is 12.1 Å². The summed E-state index contributed by atoms with van der Waals surface area (Å²) in [6.45, 7) is 5.52. The Labute approximate surface area is 214 Å². The van der Waals surface area contributed by atoms with Gasteiger partial charge in [-0.15, -0.1) is 0 Å². The van der Waals surface area contributed by atoms with Crippen molar-refractivity contribution < 1.29 is 23.9 Å². The third kappa shape index (κ3) is 5.38. The van der Waals surface area contributed by atoms with E-state index in [9.17, 15) is 19.6 Å². The number of amides is 2.